The third-order valence-corrected chi connectivity index (χ3v) is 3.11. The lowest BCUT2D eigenvalue weighted by Crippen LogP contribution is -2.28. The van der Waals surface area contributed by atoms with Crippen LogP contribution in [0.25, 0.3) is 0 Å². The third kappa shape index (κ3) is 9.46. The Labute approximate surface area is 105 Å². The molecular formula is C12H27NO2S. The minimum atomic E-state index is -0.0432. The summed E-state index contributed by atoms with van der Waals surface area (Å²) in [6.45, 7) is 9.74. The van der Waals surface area contributed by atoms with Gasteiger partial charge in [-0.15, -0.1) is 0 Å². The van der Waals surface area contributed by atoms with E-state index in [0.717, 1.165) is 25.4 Å². The Morgan fingerprint density at radius 1 is 1.19 bits per heavy atom. The first-order valence-corrected chi connectivity index (χ1v) is 7.56. The van der Waals surface area contributed by atoms with Crippen molar-refractivity contribution in [2.75, 3.05) is 38.3 Å². The van der Waals surface area contributed by atoms with E-state index in [0.29, 0.717) is 13.2 Å². The largest absolute Gasteiger partial charge is 0.353 e. The molecule has 0 aromatic carbocycles. The van der Waals surface area contributed by atoms with Crippen molar-refractivity contribution in [1.82, 2.24) is 5.32 Å². The van der Waals surface area contributed by atoms with E-state index in [-0.39, 0.29) is 6.29 Å². The van der Waals surface area contributed by atoms with Gasteiger partial charge < -0.3 is 14.8 Å². The lowest BCUT2D eigenvalue weighted by atomic mass is 10.2. The molecule has 0 aromatic heterocycles. The number of hydrogen-bond donors (Lipinski definition) is 1. The second-order valence-corrected chi connectivity index (χ2v) is 4.80. The molecule has 0 aliphatic heterocycles. The van der Waals surface area contributed by atoms with Crippen LogP contribution in [-0.4, -0.2) is 44.6 Å². The number of rotatable bonds is 11. The Bertz CT molecular complexity index is 141. The molecule has 0 aliphatic rings. The van der Waals surface area contributed by atoms with Crippen LogP contribution in [0.2, 0.25) is 0 Å². The van der Waals surface area contributed by atoms with E-state index in [2.05, 4.69) is 18.5 Å². The van der Waals surface area contributed by atoms with Crippen molar-refractivity contribution in [3.63, 3.8) is 0 Å². The minimum Gasteiger partial charge on any atom is -0.353 e. The molecule has 0 fully saturated rings. The first-order chi connectivity index (χ1) is 7.74. The number of thioether (sulfide) groups is 1. The average Bonchev–Trinajstić information content (AvgIpc) is 2.25. The maximum Gasteiger partial charge on any atom is 0.158 e. The predicted octanol–water partition coefficient (Wildman–Crippen LogP) is 2.36. The van der Waals surface area contributed by atoms with Gasteiger partial charge in [0.15, 0.2) is 6.29 Å². The van der Waals surface area contributed by atoms with Crippen LogP contribution in [-0.2, 0) is 9.47 Å². The van der Waals surface area contributed by atoms with E-state index < -0.39 is 0 Å². The molecule has 0 spiro atoms. The van der Waals surface area contributed by atoms with Gasteiger partial charge in [-0.3, -0.25) is 0 Å². The molecule has 0 bridgehead atoms. The zero-order valence-electron chi connectivity index (χ0n) is 11.1. The van der Waals surface area contributed by atoms with Crippen LogP contribution in [0.1, 0.15) is 27.2 Å². The first kappa shape index (κ1) is 16.2. The Hall–Kier alpha value is 0.230. The van der Waals surface area contributed by atoms with Crippen molar-refractivity contribution in [3.05, 3.63) is 0 Å². The fourth-order valence-corrected chi connectivity index (χ4v) is 2.19. The number of nitrogens with one attached hydrogen (secondary N) is 1. The van der Waals surface area contributed by atoms with Gasteiger partial charge in [0.2, 0.25) is 0 Å². The summed E-state index contributed by atoms with van der Waals surface area (Å²) in [4.78, 5) is 0. The molecule has 0 aliphatic carbocycles. The average molecular weight is 249 g/mol. The molecule has 0 radical (unpaired) electrons. The summed E-state index contributed by atoms with van der Waals surface area (Å²) in [5.74, 6) is 1.94. The van der Waals surface area contributed by atoms with Crippen molar-refractivity contribution in [3.8, 4) is 0 Å². The Balaban J connectivity index is 3.45. The van der Waals surface area contributed by atoms with Crippen molar-refractivity contribution >= 4 is 11.8 Å². The Kier molecular flexibility index (Phi) is 11.9. The Morgan fingerprint density at radius 2 is 1.81 bits per heavy atom. The van der Waals surface area contributed by atoms with Gasteiger partial charge >= 0.3 is 0 Å². The fraction of sp³-hybridized carbons (Fsp3) is 1.00. The quantitative estimate of drug-likeness (QED) is 0.450. The van der Waals surface area contributed by atoms with Crippen molar-refractivity contribution in [2.24, 2.45) is 5.92 Å². The van der Waals surface area contributed by atoms with Gasteiger partial charge in [0.1, 0.15) is 0 Å². The molecule has 0 saturated heterocycles. The highest BCUT2D eigenvalue weighted by Gasteiger charge is 2.07. The Morgan fingerprint density at radius 3 is 2.31 bits per heavy atom. The highest BCUT2D eigenvalue weighted by molar-refractivity contribution is 7.98. The van der Waals surface area contributed by atoms with Gasteiger partial charge in [0, 0.05) is 19.6 Å². The smallest absolute Gasteiger partial charge is 0.158 e. The van der Waals surface area contributed by atoms with E-state index in [9.17, 15) is 0 Å². The molecule has 1 N–H and O–H groups in total. The second kappa shape index (κ2) is 11.7. The van der Waals surface area contributed by atoms with E-state index in [1.54, 1.807) is 0 Å². The molecule has 98 valence electrons. The molecule has 0 amide bonds. The summed E-state index contributed by atoms with van der Waals surface area (Å²) in [6.07, 6.45) is 3.03. The van der Waals surface area contributed by atoms with E-state index in [1.807, 2.05) is 25.6 Å². The van der Waals surface area contributed by atoms with Crippen molar-refractivity contribution in [2.45, 2.75) is 33.5 Å². The van der Waals surface area contributed by atoms with Gasteiger partial charge in [-0.25, -0.2) is 0 Å². The molecule has 0 saturated carbocycles. The van der Waals surface area contributed by atoms with Crippen LogP contribution in [0.5, 0.6) is 0 Å². The summed E-state index contributed by atoms with van der Waals surface area (Å²) in [5.41, 5.74) is 0. The van der Waals surface area contributed by atoms with Crippen molar-refractivity contribution in [1.29, 1.82) is 0 Å². The summed E-state index contributed by atoms with van der Waals surface area (Å²) in [7, 11) is 0. The van der Waals surface area contributed by atoms with Crippen LogP contribution < -0.4 is 5.32 Å². The summed E-state index contributed by atoms with van der Waals surface area (Å²) in [5, 5.41) is 3.44. The van der Waals surface area contributed by atoms with Gasteiger partial charge in [-0.05, 0) is 44.9 Å². The van der Waals surface area contributed by atoms with E-state index in [1.165, 1.54) is 5.75 Å². The van der Waals surface area contributed by atoms with E-state index >= 15 is 0 Å². The van der Waals surface area contributed by atoms with Crippen LogP contribution in [0, 0.1) is 5.92 Å². The number of hydrogen-bond acceptors (Lipinski definition) is 4. The zero-order valence-corrected chi connectivity index (χ0v) is 11.9. The summed E-state index contributed by atoms with van der Waals surface area (Å²) >= 11 is 1.90. The topological polar surface area (TPSA) is 30.5 Å². The zero-order chi connectivity index (χ0) is 12.2. The third-order valence-electron chi connectivity index (χ3n) is 2.21. The molecule has 3 nitrogen and oxygen atoms in total. The lowest BCUT2D eigenvalue weighted by Gasteiger charge is -2.17. The van der Waals surface area contributed by atoms with Crippen LogP contribution in [0.3, 0.4) is 0 Å². The van der Waals surface area contributed by atoms with Crippen molar-refractivity contribution < 1.29 is 9.47 Å². The lowest BCUT2D eigenvalue weighted by molar-refractivity contribution is -0.138. The molecular weight excluding hydrogens is 222 g/mol. The van der Waals surface area contributed by atoms with Gasteiger partial charge in [-0.1, -0.05) is 6.92 Å². The molecule has 1 unspecified atom stereocenters. The molecule has 0 aromatic rings. The van der Waals surface area contributed by atoms with Crippen LogP contribution >= 0.6 is 11.8 Å². The predicted molar refractivity (Wildman–Crippen MR) is 72.1 cm³/mol. The van der Waals surface area contributed by atoms with E-state index in [4.69, 9.17) is 9.47 Å². The summed E-state index contributed by atoms with van der Waals surface area (Å²) < 4.78 is 10.9. The normalized spacial score (nSPS) is 13.3. The minimum absolute atomic E-state index is 0.0432. The highest BCUT2D eigenvalue weighted by Crippen LogP contribution is 2.03. The molecule has 4 heteroatoms. The van der Waals surface area contributed by atoms with Gasteiger partial charge in [0.05, 0.1) is 0 Å². The summed E-state index contributed by atoms with van der Waals surface area (Å²) in [6, 6.07) is 0. The van der Waals surface area contributed by atoms with Crippen LogP contribution in [0.4, 0.5) is 0 Å². The highest BCUT2D eigenvalue weighted by atomic mass is 32.2. The standard InChI is InChI=1S/C12H27NO2S/c1-5-14-12(15-6-2)7-8-13-9-11(3)10-16-4/h11-13H,5-10H2,1-4H3. The molecule has 1 atom stereocenters. The maximum absolute atomic E-state index is 5.47. The maximum atomic E-state index is 5.47. The monoisotopic (exact) mass is 249 g/mol. The first-order valence-electron chi connectivity index (χ1n) is 6.17. The van der Waals surface area contributed by atoms with Crippen LogP contribution in [0.15, 0.2) is 0 Å². The molecule has 16 heavy (non-hydrogen) atoms. The molecule has 0 rings (SSSR count). The SMILES string of the molecule is CCOC(CCNCC(C)CSC)OCC. The second-order valence-electron chi connectivity index (χ2n) is 3.89. The fourth-order valence-electron chi connectivity index (χ4n) is 1.50. The van der Waals surface area contributed by atoms with Gasteiger partial charge in [-0.2, -0.15) is 11.8 Å². The molecule has 0 heterocycles. The van der Waals surface area contributed by atoms with Gasteiger partial charge in [0.25, 0.3) is 0 Å². The number of ether oxygens (including phenoxy) is 2.